The van der Waals surface area contributed by atoms with Crippen LogP contribution in [0.25, 0.3) is 0 Å². The number of ether oxygens (including phenoxy) is 1. The third-order valence-electron chi connectivity index (χ3n) is 4.17. The topological polar surface area (TPSA) is 29.5 Å². The molecule has 1 atom stereocenters. The summed E-state index contributed by atoms with van der Waals surface area (Å²) in [6.45, 7) is 6.96. The van der Waals surface area contributed by atoms with E-state index in [-0.39, 0.29) is 17.9 Å². The van der Waals surface area contributed by atoms with E-state index in [1.807, 2.05) is 19.0 Å². The fraction of sp³-hybridized carbons (Fsp3) is 0.947. The number of esters is 1. The molecule has 22 heavy (non-hydrogen) atoms. The van der Waals surface area contributed by atoms with Gasteiger partial charge in [0.25, 0.3) is 0 Å². The summed E-state index contributed by atoms with van der Waals surface area (Å²) in [5, 5.41) is 0. The van der Waals surface area contributed by atoms with E-state index in [9.17, 15) is 4.79 Å². The fourth-order valence-electron chi connectivity index (χ4n) is 2.93. The number of carbonyl (C=O) groups excluding carboxylic acids is 1. The number of likely N-dealkylation sites (N-methyl/N-ethyl adjacent to an activating group) is 1. The predicted octanol–water partition coefficient (Wildman–Crippen LogP) is 5.04. The van der Waals surface area contributed by atoms with Gasteiger partial charge in [0.2, 0.25) is 0 Å². The molecule has 0 aliphatic carbocycles. The molecule has 0 fully saturated rings. The number of nitrogens with zero attached hydrogens (tertiary/aromatic N) is 1. The first-order valence-corrected chi connectivity index (χ1v) is 9.33. The lowest BCUT2D eigenvalue weighted by Gasteiger charge is -2.25. The molecule has 0 saturated carbocycles. The van der Waals surface area contributed by atoms with Gasteiger partial charge < -0.3 is 4.74 Å². The highest BCUT2D eigenvalue weighted by Gasteiger charge is 2.25. The second-order valence-corrected chi connectivity index (χ2v) is 7.00. The first-order chi connectivity index (χ1) is 10.5. The van der Waals surface area contributed by atoms with Crippen LogP contribution in [0.15, 0.2) is 0 Å². The quantitative estimate of drug-likeness (QED) is 0.332. The van der Waals surface area contributed by atoms with E-state index in [0.717, 1.165) is 6.42 Å². The van der Waals surface area contributed by atoms with Crippen molar-refractivity contribution >= 4 is 5.97 Å². The van der Waals surface area contributed by atoms with Crippen molar-refractivity contribution in [2.24, 2.45) is 5.92 Å². The van der Waals surface area contributed by atoms with Crippen molar-refractivity contribution in [3.8, 4) is 0 Å². The number of hydrogen-bond acceptors (Lipinski definition) is 3. The summed E-state index contributed by atoms with van der Waals surface area (Å²) < 4.78 is 5.42. The Morgan fingerprint density at radius 1 is 0.864 bits per heavy atom. The van der Waals surface area contributed by atoms with Crippen LogP contribution in [0.5, 0.6) is 0 Å². The zero-order valence-electron chi connectivity index (χ0n) is 15.7. The molecule has 132 valence electrons. The van der Waals surface area contributed by atoms with Gasteiger partial charge in [0, 0.05) is 0 Å². The highest BCUT2D eigenvalue weighted by atomic mass is 16.5. The molecule has 0 aromatic heterocycles. The molecule has 0 aromatic rings. The highest BCUT2D eigenvalue weighted by Crippen LogP contribution is 2.12. The Morgan fingerprint density at radius 2 is 1.32 bits per heavy atom. The van der Waals surface area contributed by atoms with Gasteiger partial charge in [-0.15, -0.1) is 0 Å². The van der Waals surface area contributed by atoms with Crippen molar-refractivity contribution in [1.29, 1.82) is 0 Å². The zero-order valence-corrected chi connectivity index (χ0v) is 15.7. The SMILES string of the molecule is CCCCCCCCCCCCOC(=O)C(C(C)C)N(C)C. The maximum atomic E-state index is 12.0. The number of unbranched alkanes of at least 4 members (excludes halogenated alkanes) is 9. The molecule has 0 heterocycles. The monoisotopic (exact) mass is 313 g/mol. The average Bonchev–Trinajstić information content (AvgIpc) is 2.44. The fourth-order valence-corrected chi connectivity index (χ4v) is 2.93. The summed E-state index contributed by atoms with van der Waals surface area (Å²) in [4.78, 5) is 14.0. The molecule has 0 rings (SSSR count). The molecule has 0 N–H and O–H groups in total. The van der Waals surface area contributed by atoms with E-state index < -0.39 is 0 Å². The van der Waals surface area contributed by atoms with Gasteiger partial charge in [-0.2, -0.15) is 0 Å². The zero-order chi connectivity index (χ0) is 16.8. The molecule has 0 bridgehead atoms. The van der Waals surface area contributed by atoms with E-state index in [1.54, 1.807) is 0 Å². The van der Waals surface area contributed by atoms with Crippen LogP contribution < -0.4 is 0 Å². The summed E-state index contributed by atoms with van der Waals surface area (Å²) in [6, 6.07) is -0.122. The van der Waals surface area contributed by atoms with E-state index >= 15 is 0 Å². The smallest absolute Gasteiger partial charge is 0.323 e. The van der Waals surface area contributed by atoms with Crippen LogP contribution in [0.3, 0.4) is 0 Å². The Bertz CT molecular complexity index is 256. The van der Waals surface area contributed by atoms with Crippen molar-refractivity contribution < 1.29 is 9.53 Å². The van der Waals surface area contributed by atoms with Crippen molar-refractivity contribution in [3.05, 3.63) is 0 Å². The van der Waals surface area contributed by atoms with E-state index in [1.165, 1.54) is 57.8 Å². The molecular weight excluding hydrogens is 274 g/mol. The summed E-state index contributed by atoms with van der Waals surface area (Å²) in [7, 11) is 3.87. The van der Waals surface area contributed by atoms with Crippen molar-refractivity contribution in [1.82, 2.24) is 4.90 Å². The van der Waals surface area contributed by atoms with Gasteiger partial charge in [0.15, 0.2) is 0 Å². The summed E-state index contributed by atoms with van der Waals surface area (Å²) in [5.41, 5.74) is 0. The molecule has 0 aliphatic rings. The second-order valence-electron chi connectivity index (χ2n) is 7.00. The summed E-state index contributed by atoms with van der Waals surface area (Å²) >= 11 is 0. The maximum absolute atomic E-state index is 12.0. The minimum Gasteiger partial charge on any atom is -0.465 e. The Morgan fingerprint density at radius 3 is 1.73 bits per heavy atom. The Balaban J connectivity index is 3.47. The molecule has 0 aliphatic heterocycles. The molecular formula is C19H39NO2. The van der Waals surface area contributed by atoms with Crippen molar-refractivity contribution in [2.45, 2.75) is 91.0 Å². The van der Waals surface area contributed by atoms with Gasteiger partial charge in [0.1, 0.15) is 6.04 Å². The van der Waals surface area contributed by atoms with Crippen LogP contribution in [-0.4, -0.2) is 37.6 Å². The minimum atomic E-state index is -0.122. The molecule has 0 radical (unpaired) electrons. The minimum absolute atomic E-state index is 0.0732. The lowest BCUT2D eigenvalue weighted by atomic mass is 10.0. The summed E-state index contributed by atoms with van der Waals surface area (Å²) in [6.07, 6.45) is 13.0. The van der Waals surface area contributed by atoms with Crippen LogP contribution in [0.2, 0.25) is 0 Å². The third-order valence-corrected chi connectivity index (χ3v) is 4.17. The van der Waals surface area contributed by atoms with E-state index in [2.05, 4.69) is 20.8 Å². The molecule has 0 amide bonds. The molecule has 3 heteroatoms. The van der Waals surface area contributed by atoms with Crippen LogP contribution >= 0.6 is 0 Å². The Kier molecular flexibility index (Phi) is 13.7. The molecule has 3 nitrogen and oxygen atoms in total. The Labute approximate surface area is 138 Å². The summed E-state index contributed by atoms with van der Waals surface area (Å²) in [5.74, 6) is 0.214. The first kappa shape index (κ1) is 21.4. The third kappa shape index (κ3) is 11.1. The number of rotatable bonds is 14. The van der Waals surface area contributed by atoms with Gasteiger partial charge in [-0.1, -0.05) is 78.6 Å². The van der Waals surface area contributed by atoms with Crippen LogP contribution in [0.1, 0.15) is 85.0 Å². The van der Waals surface area contributed by atoms with Gasteiger partial charge >= 0.3 is 5.97 Å². The van der Waals surface area contributed by atoms with Gasteiger partial charge in [-0.25, -0.2) is 0 Å². The molecule has 0 spiro atoms. The molecule has 0 saturated heterocycles. The second kappa shape index (κ2) is 14.0. The number of carbonyl (C=O) groups is 1. The Hall–Kier alpha value is -0.570. The number of hydrogen-bond donors (Lipinski definition) is 0. The lowest BCUT2D eigenvalue weighted by molar-refractivity contribution is -0.150. The predicted molar refractivity (Wildman–Crippen MR) is 95.1 cm³/mol. The van der Waals surface area contributed by atoms with Gasteiger partial charge in [-0.3, -0.25) is 9.69 Å². The van der Waals surface area contributed by atoms with E-state index in [0.29, 0.717) is 6.61 Å². The maximum Gasteiger partial charge on any atom is 0.323 e. The van der Waals surface area contributed by atoms with E-state index in [4.69, 9.17) is 4.74 Å². The van der Waals surface area contributed by atoms with Crippen LogP contribution in [0, 0.1) is 5.92 Å². The highest BCUT2D eigenvalue weighted by molar-refractivity contribution is 5.76. The van der Waals surface area contributed by atoms with Crippen molar-refractivity contribution in [2.75, 3.05) is 20.7 Å². The van der Waals surface area contributed by atoms with Gasteiger partial charge in [0.05, 0.1) is 6.61 Å². The largest absolute Gasteiger partial charge is 0.465 e. The molecule has 1 unspecified atom stereocenters. The standard InChI is InChI=1S/C19H39NO2/c1-6-7-8-9-10-11-12-13-14-15-16-22-19(21)18(17(2)3)20(4)5/h17-18H,6-16H2,1-5H3. The van der Waals surface area contributed by atoms with Crippen molar-refractivity contribution in [3.63, 3.8) is 0 Å². The van der Waals surface area contributed by atoms with Crippen LogP contribution in [0.4, 0.5) is 0 Å². The lowest BCUT2D eigenvalue weighted by Crippen LogP contribution is -2.41. The molecule has 0 aromatic carbocycles. The van der Waals surface area contributed by atoms with Gasteiger partial charge in [-0.05, 0) is 26.4 Å². The normalized spacial score (nSPS) is 12.9. The first-order valence-electron chi connectivity index (χ1n) is 9.33. The average molecular weight is 314 g/mol. The van der Waals surface area contributed by atoms with Crippen LogP contribution in [-0.2, 0) is 9.53 Å².